The minimum atomic E-state index is -0.191. The molecule has 0 unspecified atom stereocenters. The second-order valence-electron chi connectivity index (χ2n) is 14.0. The number of phenolic OH excluding ortho intramolecular Hbond substituents is 2. The molecule has 1 saturated heterocycles. The Hall–Kier alpha value is -3.19. The smallest absolute Gasteiger partial charge is 0.188 e. The second-order valence-corrected chi connectivity index (χ2v) is 14.9. The van der Waals surface area contributed by atoms with Gasteiger partial charge in [0.15, 0.2) is 17.4 Å². The number of anilines is 1. The van der Waals surface area contributed by atoms with Gasteiger partial charge in [0.1, 0.15) is 5.60 Å². The summed E-state index contributed by atoms with van der Waals surface area (Å²) in [4.78, 5) is 8.61. The van der Waals surface area contributed by atoms with Crippen LogP contribution in [0, 0.1) is 0 Å². The number of allylic oxidation sites excluding steroid dienone is 1. The lowest BCUT2D eigenvalue weighted by molar-refractivity contribution is -0.00533. The Bertz CT molecular complexity index is 1440. The van der Waals surface area contributed by atoms with E-state index in [-0.39, 0.29) is 17.1 Å². The van der Waals surface area contributed by atoms with Crippen LogP contribution in [0.2, 0.25) is 0 Å². The number of nitrogens with zero attached hydrogens (tertiary/aromatic N) is 3. The first-order chi connectivity index (χ1) is 21.1. The van der Waals surface area contributed by atoms with Crippen molar-refractivity contribution in [2.75, 3.05) is 44.4 Å². The number of piperidine rings is 1. The van der Waals surface area contributed by atoms with Gasteiger partial charge in [-0.05, 0) is 130 Å². The number of benzene rings is 2. The van der Waals surface area contributed by atoms with Crippen molar-refractivity contribution in [3.05, 3.63) is 76.8 Å². The summed E-state index contributed by atoms with van der Waals surface area (Å²) in [5.74, 6) is 1.52. The monoisotopic (exact) mass is 615 g/mol. The number of rotatable bonds is 9. The summed E-state index contributed by atoms with van der Waals surface area (Å²) in [6.07, 6.45) is 14.5. The first-order valence-electron chi connectivity index (χ1n) is 16.3. The fourth-order valence-electron chi connectivity index (χ4n) is 6.73. The third-order valence-corrected chi connectivity index (χ3v) is 10.1. The highest BCUT2D eigenvalue weighted by molar-refractivity contribution is 7.98. The van der Waals surface area contributed by atoms with Gasteiger partial charge in [0.25, 0.3) is 0 Å². The molecule has 4 aliphatic rings. The second kappa shape index (κ2) is 12.7. The minimum Gasteiger partial charge on any atom is -0.504 e. The van der Waals surface area contributed by atoms with E-state index in [0.717, 1.165) is 81.7 Å². The molecule has 2 aliphatic carbocycles. The molecule has 3 fully saturated rings. The molecule has 0 radical (unpaired) electrons. The predicted molar refractivity (Wildman–Crippen MR) is 182 cm³/mol. The average molecular weight is 616 g/mol. The van der Waals surface area contributed by atoms with E-state index < -0.39 is 0 Å². The van der Waals surface area contributed by atoms with E-state index in [4.69, 9.17) is 4.74 Å². The molecule has 0 amide bonds. The highest BCUT2D eigenvalue weighted by Crippen LogP contribution is 2.45. The minimum absolute atomic E-state index is 0.0118. The van der Waals surface area contributed by atoms with E-state index in [1.54, 1.807) is 17.8 Å². The van der Waals surface area contributed by atoms with Gasteiger partial charge in [-0.3, -0.25) is 0 Å². The zero-order valence-corrected chi connectivity index (χ0v) is 27.9. The maximum absolute atomic E-state index is 10.6. The summed E-state index contributed by atoms with van der Waals surface area (Å²) < 4.78 is 6.48. The Morgan fingerprint density at radius 3 is 2.32 bits per heavy atom. The predicted octanol–water partition coefficient (Wildman–Crippen LogP) is 8.09. The molecule has 0 atom stereocenters. The standard InChI is InChI=1S/C37H49N3O3S/c1-37(2,3)43-36(27-9-10-27)39-17-15-31(16-18-39)40(30-11-13-32(44-5)14-12-30)23-25-19-29(24-38(4)22-25)28-20-33(26-7-6-8-26)35(42)34(41)21-28/h11-14,19-22,26,31,41-42H,6-10,15-18,23-24H2,1-5H3. The molecule has 2 aliphatic heterocycles. The van der Waals surface area contributed by atoms with E-state index in [1.165, 1.54) is 33.7 Å². The number of likely N-dealkylation sites (N-methyl/N-ethyl adjacent to an activating group) is 1. The SMILES string of the molecule is CSc1ccc(N(CC2=CN(C)CC(c3cc(O)c(O)c(C4CCC4)c3)=C2)C2CCN(C(OC(C)(C)C)=C3CC3)CC2)cc1. The van der Waals surface area contributed by atoms with Gasteiger partial charge in [0.2, 0.25) is 0 Å². The van der Waals surface area contributed by atoms with Crippen molar-refractivity contribution >= 4 is 23.0 Å². The summed E-state index contributed by atoms with van der Waals surface area (Å²) in [7, 11) is 2.12. The molecule has 2 heterocycles. The maximum Gasteiger partial charge on any atom is 0.188 e. The van der Waals surface area contributed by atoms with Crippen LogP contribution >= 0.6 is 11.8 Å². The molecule has 6 nitrogen and oxygen atoms in total. The summed E-state index contributed by atoms with van der Waals surface area (Å²) >= 11 is 1.78. The molecule has 2 saturated carbocycles. The summed E-state index contributed by atoms with van der Waals surface area (Å²) in [6, 6.07) is 13.3. The number of hydrogen-bond donors (Lipinski definition) is 2. The number of aromatic hydroxyl groups is 2. The lowest BCUT2D eigenvalue weighted by Crippen LogP contribution is -2.46. The van der Waals surface area contributed by atoms with Crippen molar-refractivity contribution in [2.24, 2.45) is 0 Å². The first kappa shape index (κ1) is 30.8. The molecule has 236 valence electrons. The molecule has 0 aromatic heterocycles. The quantitative estimate of drug-likeness (QED) is 0.168. The Morgan fingerprint density at radius 1 is 1.02 bits per heavy atom. The van der Waals surface area contributed by atoms with Crippen LogP contribution in [0.4, 0.5) is 5.69 Å². The molecule has 2 aromatic carbocycles. The molecule has 2 aromatic rings. The topological polar surface area (TPSA) is 59.4 Å². The van der Waals surface area contributed by atoms with Crippen molar-refractivity contribution in [3.8, 4) is 11.5 Å². The third kappa shape index (κ3) is 7.03. The maximum atomic E-state index is 10.6. The third-order valence-electron chi connectivity index (χ3n) is 9.36. The van der Waals surface area contributed by atoms with Gasteiger partial charge >= 0.3 is 0 Å². The van der Waals surface area contributed by atoms with E-state index >= 15 is 0 Å². The Balaban J connectivity index is 1.25. The Labute approximate surface area is 268 Å². The van der Waals surface area contributed by atoms with Crippen LogP contribution in [0.5, 0.6) is 11.5 Å². The van der Waals surface area contributed by atoms with Crippen LogP contribution in [0.3, 0.4) is 0 Å². The zero-order valence-electron chi connectivity index (χ0n) is 27.1. The highest BCUT2D eigenvalue weighted by Gasteiger charge is 2.33. The van der Waals surface area contributed by atoms with Crippen LogP contribution < -0.4 is 4.90 Å². The number of hydrogen-bond acceptors (Lipinski definition) is 7. The van der Waals surface area contributed by atoms with Crippen molar-refractivity contribution in [3.63, 3.8) is 0 Å². The fourth-order valence-corrected chi connectivity index (χ4v) is 7.14. The van der Waals surface area contributed by atoms with Crippen LogP contribution in [-0.4, -0.2) is 71.1 Å². The lowest BCUT2D eigenvalue weighted by Gasteiger charge is -2.42. The van der Waals surface area contributed by atoms with Gasteiger partial charge in [0.05, 0.1) is 0 Å². The summed E-state index contributed by atoms with van der Waals surface area (Å²) in [5, 5.41) is 21.3. The van der Waals surface area contributed by atoms with Crippen LogP contribution in [0.1, 0.15) is 82.8 Å². The van der Waals surface area contributed by atoms with E-state index in [2.05, 4.69) is 91.4 Å². The number of phenols is 2. The molecule has 44 heavy (non-hydrogen) atoms. The van der Waals surface area contributed by atoms with Crippen molar-refractivity contribution < 1.29 is 14.9 Å². The number of thioether (sulfide) groups is 1. The molecule has 6 rings (SSSR count). The van der Waals surface area contributed by atoms with E-state index in [1.807, 2.05) is 0 Å². The van der Waals surface area contributed by atoms with Gasteiger partial charge < -0.3 is 29.6 Å². The highest BCUT2D eigenvalue weighted by atomic mass is 32.2. The van der Waals surface area contributed by atoms with E-state index in [0.29, 0.717) is 12.0 Å². The van der Waals surface area contributed by atoms with Crippen molar-refractivity contribution in [1.29, 1.82) is 0 Å². The molecule has 0 bridgehead atoms. The van der Waals surface area contributed by atoms with Crippen LogP contribution in [0.25, 0.3) is 5.57 Å². The summed E-state index contributed by atoms with van der Waals surface area (Å²) in [6.45, 7) is 10.0. The Kier molecular flexibility index (Phi) is 8.87. The van der Waals surface area contributed by atoms with Gasteiger partial charge in [0, 0.05) is 61.6 Å². The van der Waals surface area contributed by atoms with Gasteiger partial charge in [-0.2, -0.15) is 0 Å². The average Bonchev–Trinajstić information content (AvgIpc) is 3.81. The van der Waals surface area contributed by atoms with Gasteiger partial charge in [-0.15, -0.1) is 11.8 Å². The van der Waals surface area contributed by atoms with Crippen molar-refractivity contribution in [2.45, 2.75) is 88.2 Å². The first-order valence-corrected chi connectivity index (χ1v) is 17.5. The van der Waals surface area contributed by atoms with Crippen molar-refractivity contribution in [1.82, 2.24) is 9.80 Å². The molecular formula is C37H49N3O3S. The fraction of sp³-hybridized carbons (Fsp3) is 0.514. The summed E-state index contributed by atoms with van der Waals surface area (Å²) in [5.41, 5.74) is 6.85. The lowest BCUT2D eigenvalue weighted by atomic mass is 9.78. The largest absolute Gasteiger partial charge is 0.504 e. The van der Waals surface area contributed by atoms with E-state index in [9.17, 15) is 10.2 Å². The molecule has 0 spiro atoms. The normalized spacial score (nSPS) is 19.3. The molecule has 7 heteroatoms. The van der Waals surface area contributed by atoms with Crippen LogP contribution in [-0.2, 0) is 4.74 Å². The zero-order chi connectivity index (χ0) is 31.0. The molecular weight excluding hydrogens is 566 g/mol. The number of likely N-dealkylation sites (tertiary alicyclic amines) is 1. The molecule has 2 N–H and O–H groups in total. The van der Waals surface area contributed by atoms with Gasteiger partial charge in [-0.1, -0.05) is 12.5 Å². The van der Waals surface area contributed by atoms with Gasteiger partial charge in [-0.25, -0.2) is 0 Å². The van der Waals surface area contributed by atoms with Crippen LogP contribution in [0.15, 0.2) is 70.6 Å². The Morgan fingerprint density at radius 2 is 1.73 bits per heavy atom. The number of ether oxygens (including phenoxy) is 1.